The number of carboxylic acid groups (broad SMARTS) is 1. The van der Waals surface area contributed by atoms with Crippen molar-refractivity contribution in [2.45, 2.75) is 25.8 Å². The highest BCUT2D eigenvalue weighted by Gasteiger charge is 2.20. The Kier molecular flexibility index (Phi) is 4.18. The molecular formula is C9H17NO3. The molecule has 1 heterocycles. The van der Waals surface area contributed by atoms with Crippen LogP contribution >= 0.6 is 0 Å². The lowest BCUT2D eigenvalue weighted by atomic mass is 10.1. The number of nitrogens with one attached hydrogen (secondary N) is 1. The number of carboxylic acids is 1. The molecule has 13 heavy (non-hydrogen) atoms. The van der Waals surface area contributed by atoms with Crippen molar-refractivity contribution in [2.75, 3.05) is 19.8 Å². The van der Waals surface area contributed by atoms with Gasteiger partial charge in [-0.3, -0.25) is 4.79 Å². The summed E-state index contributed by atoms with van der Waals surface area (Å²) in [6.07, 6.45) is 1.23. The van der Waals surface area contributed by atoms with E-state index in [0.29, 0.717) is 25.2 Å². The van der Waals surface area contributed by atoms with Crippen LogP contribution in [0, 0.1) is 5.92 Å². The summed E-state index contributed by atoms with van der Waals surface area (Å²) in [5, 5.41) is 11.7. The minimum absolute atomic E-state index is 0.0995. The fourth-order valence-electron chi connectivity index (χ4n) is 1.53. The van der Waals surface area contributed by atoms with Crippen molar-refractivity contribution in [1.29, 1.82) is 0 Å². The summed E-state index contributed by atoms with van der Waals surface area (Å²) in [5.41, 5.74) is 0. The van der Waals surface area contributed by atoms with Crippen LogP contribution in [0.5, 0.6) is 0 Å². The SMILES string of the molecule is C[C@@H]1CN[C@H](COCCC(=O)O)C1. The Morgan fingerprint density at radius 2 is 2.46 bits per heavy atom. The maximum absolute atomic E-state index is 10.2. The van der Waals surface area contributed by atoms with Crippen molar-refractivity contribution < 1.29 is 14.6 Å². The molecule has 2 atom stereocenters. The minimum Gasteiger partial charge on any atom is -0.481 e. The molecule has 0 spiro atoms. The molecule has 1 saturated heterocycles. The molecule has 1 fully saturated rings. The Hall–Kier alpha value is -0.610. The third kappa shape index (κ3) is 4.24. The van der Waals surface area contributed by atoms with Gasteiger partial charge in [0, 0.05) is 6.04 Å². The van der Waals surface area contributed by atoms with E-state index in [-0.39, 0.29) is 6.42 Å². The van der Waals surface area contributed by atoms with Crippen LogP contribution < -0.4 is 5.32 Å². The molecule has 76 valence electrons. The molecule has 2 N–H and O–H groups in total. The lowest BCUT2D eigenvalue weighted by molar-refractivity contribution is -0.138. The lowest BCUT2D eigenvalue weighted by Gasteiger charge is -2.09. The van der Waals surface area contributed by atoms with Gasteiger partial charge >= 0.3 is 5.97 Å². The van der Waals surface area contributed by atoms with Gasteiger partial charge in [-0.25, -0.2) is 0 Å². The summed E-state index contributed by atoms with van der Waals surface area (Å²) >= 11 is 0. The predicted octanol–water partition coefficient (Wildman–Crippen LogP) is 0.476. The quantitative estimate of drug-likeness (QED) is 0.614. The molecule has 1 aliphatic heterocycles. The third-order valence-corrected chi connectivity index (χ3v) is 2.22. The van der Waals surface area contributed by atoms with E-state index in [1.165, 1.54) is 0 Å². The predicted molar refractivity (Wildman–Crippen MR) is 48.6 cm³/mol. The van der Waals surface area contributed by atoms with Crippen LogP contribution in [0.3, 0.4) is 0 Å². The number of hydrogen-bond acceptors (Lipinski definition) is 3. The van der Waals surface area contributed by atoms with E-state index in [0.717, 1.165) is 13.0 Å². The van der Waals surface area contributed by atoms with E-state index in [4.69, 9.17) is 9.84 Å². The zero-order valence-corrected chi connectivity index (χ0v) is 7.95. The van der Waals surface area contributed by atoms with Crippen LogP contribution in [0.15, 0.2) is 0 Å². The first-order valence-electron chi connectivity index (χ1n) is 4.71. The molecular weight excluding hydrogens is 170 g/mol. The van der Waals surface area contributed by atoms with Crippen LogP contribution in [0.1, 0.15) is 19.8 Å². The van der Waals surface area contributed by atoms with Crippen molar-refractivity contribution in [3.8, 4) is 0 Å². The molecule has 0 amide bonds. The Balaban J connectivity index is 1.97. The van der Waals surface area contributed by atoms with Crippen molar-refractivity contribution in [1.82, 2.24) is 5.32 Å². The van der Waals surface area contributed by atoms with Gasteiger partial charge in [-0.1, -0.05) is 6.92 Å². The molecule has 1 rings (SSSR count). The van der Waals surface area contributed by atoms with Gasteiger partial charge in [0.15, 0.2) is 0 Å². The molecule has 0 bridgehead atoms. The summed E-state index contributed by atoms with van der Waals surface area (Å²) in [7, 11) is 0. The molecule has 0 saturated carbocycles. The van der Waals surface area contributed by atoms with Crippen LogP contribution in [-0.2, 0) is 9.53 Å². The normalized spacial score (nSPS) is 27.8. The number of aliphatic carboxylic acids is 1. The van der Waals surface area contributed by atoms with Crippen LogP contribution in [0.2, 0.25) is 0 Å². The smallest absolute Gasteiger partial charge is 0.305 e. The number of hydrogen-bond donors (Lipinski definition) is 2. The molecule has 4 heteroatoms. The van der Waals surface area contributed by atoms with Gasteiger partial charge in [0.1, 0.15) is 0 Å². The third-order valence-electron chi connectivity index (χ3n) is 2.22. The summed E-state index contributed by atoms with van der Waals surface area (Å²) in [6, 6.07) is 0.420. The molecule has 0 radical (unpaired) electrons. The van der Waals surface area contributed by atoms with Crippen molar-refractivity contribution >= 4 is 5.97 Å². The minimum atomic E-state index is -0.798. The van der Waals surface area contributed by atoms with E-state index < -0.39 is 5.97 Å². The van der Waals surface area contributed by atoms with Crippen LogP contribution in [0.4, 0.5) is 0 Å². The maximum atomic E-state index is 10.2. The van der Waals surface area contributed by atoms with Gasteiger partial charge in [0.2, 0.25) is 0 Å². The summed E-state index contributed by atoms with van der Waals surface area (Å²) < 4.78 is 5.23. The summed E-state index contributed by atoms with van der Waals surface area (Å²) in [4.78, 5) is 10.2. The molecule has 0 aliphatic carbocycles. The Morgan fingerprint density at radius 1 is 1.69 bits per heavy atom. The molecule has 0 aromatic heterocycles. The highest BCUT2D eigenvalue weighted by atomic mass is 16.5. The summed E-state index contributed by atoms with van der Waals surface area (Å²) in [5.74, 6) is -0.0826. The lowest BCUT2D eigenvalue weighted by Crippen LogP contribution is -2.27. The maximum Gasteiger partial charge on any atom is 0.305 e. The highest BCUT2D eigenvalue weighted by molar-refractivity contribution is 5.66. The van der Waals surface area contributed by atoms with Crippen LogP contribution in [0.25, 0.3) is 0 Å². The average Bonchev–Trinajstić information content (AvgIpc) is 2.45. The second-order valence-corrected chi connectivity index (χ2v) is 3.66. The Bertz CT molecular complexity index is 172. The number of carbonyl (C=O) groups is 1. The standard InChI is InChI=1S/C9H17NO3/c1-7-4-8(10-5-7)6-13-3-2-9(11)12/h7-8,10H,2-6H2,1H3,(H,11,12)/t7-,8-/m0/s1. The largest absolute Gasteiger partial charge is 0.481 e. The molecule has 1 aliphatic rings. The first-order valence-corrected chi connectivity index (χ1v) is 4.71. The molecule has 0 aromatic rings. The van der Waals surface area contributed by atoms with Gasteiger partial charge in [-0.05, 0) is 18.9 Å². The van der Waals surface area contributed by atoms with E-state index in [1.807, 2.05) is 0 Å². The second kappa shape index (κ2) is 5.19. The zero-order chi connectivity index (χ0) is 9.68. The van der Waals surface area contributed by atoms with Gasteiger partial charge in [-0.15, -0.1) is 0 Å². The monoisotopic (exact) mass is 187 g/mol. The summed E-state index contributed by atoms with van der Waals surface area (Å²) in [6.45, 7) is 4.21. The zero-order valence-electron chi connectivity index (χ0n) is 7.95. The van der Waals surface area contributed by atoms with Crippen molar-refractivity contribution in [2.24, 2.45) is 5.92 Å². The topological polar surface area (TPSA) is 58.6 Å². The van der Waals surface area contributed by atoms with E-state index in [1.54, 1.807) is 0 Å². The van der Waals surface area contributed by atoms with Gasteiger partial charge in [0.25, 0.3) is 0 Å². The molecule has 4 nitrogen and oxygen atoms in total. The fourth-order valence-corrected chi connectivity index (χ4v) is 1.53. The van der Waals surface area contributed by atoms with Crippen LogP contribution in [-0.4, -0.2) is 36.9 Å². The van der Waals surface area contributed by atoms with E-state index in [9.17, 15) is 4.79 Å². The molecule has 0 aromatic carbocycles. The second-order valence-electron chi connectivity index (χ2n) is 3.66. The van der Waals surface area contributed by atoms with E-state index in [2.05, 4.69) is 12.2 Å². The Morgan fingerprint density at radius 3 is 3.00 bits per heavy atom. The first-order chi connectivity index (χ1) is 6.18. The highest BCUT2D eigenvalue weighted by Crippen LogP contribution is 2.12. The number of ether oxygens (including phenoxy) is 1. The van der Waals surface area contributed by atoms with Gasteiger partial charge in [-0.2, -0.15) is 0 Å². The van der Waals surface area contributed by atoms with Gasteiger partial charge in [0.05, 0.1) is 19.6 Å². The average molecular weight is 187 g/mol. The fraction of sp³-hybridized carbons (Fsp3) is 0.889. The van der Waals surface area contributed by atoms with Gasteiger partial charge < -0.3 is 15.2 Å². The number of rotatable bonds is 5. The van der Waals surface area contributed by atoms with E-state index >= 15 is 0 Å². The Labute approximate surface area is 78.3 Å². The molecule has 0 unspecified atom stereocenters. The first kappa shape index (κ1) is 10.5. The van der Waals surface area contributed by atoms with Crippen molar-refractivity contribution in [3.63, 3.8) is 0 Å². The van der Waals surface area contributed by atoms with Crippen molar-refractivity contribution in [3.05, 3.63) is 0 Å².